The van der Waals surface area contributed by atoms with Gasteiger partial charge in [0.25, 0.3) is 0 Å². The number of thioether (sulfide) groups is 1. The lowest BCUT2D eigenvalue weighted by Crippen LogP contribution is -2.12. The second kappa shape index (κ2) is 10.2. The van der Waals surface area contributed by atoms with E-state index >= 15 is 0 Å². The minimum atomic E-state index is -0.0644. The van der Waals surface area contributed by atoms with Gasteiger partial charge in [0.15, 0.2) is 16.7 Å². The van der Waals surface area contributed by atoms with Crippen molar-refractivity contribution < 1.29 is 14.3 Å². The highest BCUT2D eigenvalue weighted by Crippen LogP contribution is 2.34. The number of amides is 1. The highest BCUT2D eigenvalue weighted by Gasteiger charge is 2.15. The Labute approximate surface area is 185 Å². The van der Waals surface area contributed by atoms with Gasteiger partial charge in [0.2, 0.25) is 12.7 Å². The molecule has 160 valence electrons. The lowest BCUT2D eigenvalue weighted by atomic mass is 10.1. The van der Waals surface area contributed by atoms with Crippen LogP contribution < -0.4 is 14.8 Å². The quantitative estimate of drug-likeness (QED) is 0.381. The summed E-state index contributed by atoms with van der Waals surface area (Å²) in [4.78, 5) is 12.3. The molecule has 0 spiro atoms. The fourth-order valence-corrected chi connectivity index (χ4v) is 4.16. The van der Waals surface area contributed by atoms with Crippen molar-refractivity contribution in [1.29, 1.82) is 0 Å². The molecule has 8 heteroatoms. The van der Waals surface area contributed by atoms with E-state index in [1.165, 1.54) is 17.3 Å². The van der Waals surface area contributed by atoms with Crippen LogP contribution >= 0.6 is 11.8 Å². The Morgan fingerprint density at radius 2 is 1.97 bits per heavy atom. The number of aryl methyl sites for hydroxylation is 2. The number of carbonyl (C=O) groups excluding carboxylic acids is 1. The van der Waals surface area contributed by atoms with Crippen LogP contribution in [0.1, 0.15) is 17.8 Å². The predicted octanol–water partition coefficient (Wildman–Crippen LogP) is 4.10. The molecule has 1 aromatic heterocycles. The molecular weight excluding hydrogens is 412 g/mol. The normalized spacial score (nSPS) is 12.0. The molecule has 2 heterocycles. The zero-order valence-electron chi connectivity index (χ0n) is 17.1. The van der Waals surface area contributed by atoms with Crippen molar-refractivity contribution in [3.8, 4) is 11.5 Å². The number of hydrogen-bond donors (Lipinski definition) is 1. The topological polar surface area (TPSA) is 78.3 Å². The Kier molecular flexibility index (Phi) is 6.89. The molecule has 1 aliphatic rings. The summed E-state index contributed by atoms with van der Waals surface area (Å²) in [5.74, 6) is 2.80. The summed E-state index contributed by atoms with van der Waals surface area (Å²) in [5.41, 5.74) is 1.96. The Balaban J connectivity index is 1.30. The molecule has 0 atom stereocenters. The maximum absolute atomic E-state index is 12.3. The molecular formula is C23H24N4O3S. The number of hydrogen-bond acceptors (Lipinski definition) is 6. The summed E-state index contributed by atoms with van der Waals surface area (Å²) in [5, 5.41) is 12.4. The molecule has 4 rings (SSSR count). The largest absolute Gasteiger partial charge is 0.454 e. The molecule has 1 N–H and O–H groups in total. The Morgan fingerprint density at radius 3 is 2.81 bits per heavy atom. The third-order valence-corrected chi connectivity index (χ3v) is 5.77. The zero-order chi connectivity index (χ0) is 21.5. The first-order valence-electron chi connectivity index (χ1n) is 10.1. The van der Waals surface area contributed by atoms with Crippen LogP contribution in [0, 0.1) is 0 Å². The smallest absolute Gasteiger partial charge is 0.231 e. The van der Waals surface area contributed by atoms with Crippen LogP contribution in [0.3, 0.4) is 0 Å². The van der Waals surface area contributed by atoms with Crippen molar-refractivity contribution in [2.45, 2.75) is 31.0 Å². The Bertz CT molecular complexity index is 1050. The van der Waals surface area contributed by atoms with E-state index < -0.39 is 0 Å². The molecule has 0 radical (unpaired) electrons. The van der Waals surface area contributed by atoms with Crippen LogP contribution in [-0.2, 0) is 24.2 Å². The molecule has 7 nitrogen and oxygen atoms in total. The molecule has 0 unspecified atom stereocenters. The summed E-state index contributed by atoms with van der Waals surface area (Å²) in [6.45, 7) is 4.70. The van der Waals surface area contributed by atoms with Crippen LogP contribution in [0.4, 0.5) is 5.69 Å². The molecule has 31 heavy (non-hydrogen) atoms. The first-order valence-corrected chi connectivity index (χ1v) is 11.1. The van der Waals surface area contributed by atoms with E-state index in [-0.39, 0.29) is 12.7 Å². The third-order valence-electron chi connectivity index (χ3n) is 4.80. The average Bonchev–Trinajstić information content (AvgIpc) is 3.40. The van der Waals surface area contributed by atoms with Crippen molar-refractivity contribution in [1.82, 2.24) is 14.8 Å². The van der Waals surface area contributed by atoms with Gasteiger partial charge in [-0.15, -0.1) is 16.8 Å². The van der Waals surface area contributed by atoms with Crippen LogP contribution in [-0.4, -0.2) is 33.2 Å². The van der Waals surface area contributed by atoms with Gasteiger partial charge >= 0.3 is 0 Å². The highest BCUT2D eigenvalue weighted by atomic mass is 32.2. The van der Waals surface area contributed by atoms with Crippen molar-refractivity contribution in [2.75, 3.05) is 17.9 Å². The number of nitrogens with one attached hydrogen (secondary N) is 1. The van der Waals surface area contributed by atoms with E-state index in [4.69, 9.17) is 9.47 Å². The molecule has 0 bridgehead atoms. The maximum Gasteiger partial charge on any atom is 0.231 e. The first kappa shape index (κ1) is 21.0. The summed E-state index contributed by atoms with van der Waals surface area (Å²) < 4.78 is 12.7. The van der Waals surface area contributed by atoms with E-state index in [2.05, 4.69) is 38.8 Å². The van der Waals surface area contributed by atoms with Crippen molar-refractivity contribution in [3.63, 3.8) is 0 Å². The number of fused-ring (bicyclic) bond motifs is 1. The van der Waals surface area contributed by atoms with E-state index in [0.717, 1.165) is 23.8 Å². The van der Waals surface area contributed by atoms with Gasteiger partial charge in [0.1, 0.15) is 5.82 Å². The lowest BCUT2D eigenvalue weighted by molar-refractivity contribution is -0.115. The van der Waals surface area contributed by atoms with Gasteiger partial charge in [0, 0.05) is 36.9 Å². The van der Waals surface area contributed by atoms with E-state index in [1.54, 1.807) is 18.2 Å². The van der Waals surface area contributed by atoms with Gasteiger partial charge in [-0.2, -0.15) is 0 Å². The Hall–Kier alpha value is -3.26. The fraction of sp³-hybridized carbons (Fsp3) is 0.261. The molecule has 1 aliphatic heterocycles. The van der Waals surface area contributed by atoms with E-state index in [1.807, 2.05) is 24.3 Å². The second-order valence-corrected chi connectivity index (χ2v) is 8.06. The van der Waals surface area contributed by atoms with Crippen LogP contribution in [0.5, 0.6) is 11.5 Å². The van der Waals surface area contributed by atoms with Gasteiger partial charge in [-0.3, -0.25) is 4.79 Å². The Morgan fingerprint density at radius 1 is 1.13 bits per heavy atom. The van der Waals surface area contributed by atoms with E-state index in [9.17, 15) is 4.79 Å². The molecule has 0 fully saturated rings. The summed E-state index contributed by atoms with van der Waals surface area (Å²) >= 11 is 1.52. The maximum atomic E-state index is 12.3. The van der Waals surface area contributed by atoms with Crippen LogP contribution in [0.2, 0.25) is 0 Å². The molecule has 0 aliphatic carbocycles. The van der Waals surface area contributed by atoms with Crippen LogP contribution in [0.25, 0.3) is 0 Å². The monoisotopic (exact) mass is 436 g/mol. The lowest BCUT2D eigenvalue weighted by Gasteiger charge is -2.08. The number of carbonyl (C=O) groups is 1. The first-order chi connectivity index (χ1) is 15.2. The number of aromatic nitrogens is 3. The summed E-state index contributed by atoms with van der Waals surface area (Å²) in [6, 6.07) is 15.7. The number of anilines is 1. The average molecular weight is 437 g/mol. The van der Waals surface area contributed by atoms with Crippen LogP contribution in [0.15, 0.2) is 66.3 Å². The SMILES string of the molecule is C=CCn1c(CCc2ccccc2)nnc1SCCC(=O)Nc1ccc2c(c1)OCO2. The minimum absolute atomic E-state index is 0.0644. The minimum Gasteiger partial charge on any atom is -0.454 e. The van der Waals surface area contributed by atoms with Gasteiger partial charge in [0.05, 0.1) is 0 Å². The second-order valence-electron chi connectivity index (χ2n) is 7.00. The summed E-state index contributed by atoms with van der Waals surface area (Å²) in [7, 11) is 0. The highest BCUT2D eigenvalue weighted by molar-refractivity contribution is 7.99. The van der Waals surface area contributed by atoms with Crippen molar-refractivity contribution >= 4 is 23.4 Å². The number of rotatable bonds is 10. The van der Waals surface area contributed by atoms with E-state index in [0.29, 0.717) is 35.9 Å². The standard InChI is InChI=1S/C23H24N4O3S/c1-2-13-27-21(11-8-17-6-4-3-5-7-17)25-26-23(27)31-14-12-22(28)24-18-9-10-19-20(15-18)30-16-29-19/h2-7,9-10,15H,1,8,11-14,16H2,(H,24,28). The molecule has 2 aromatic carbocycles. The summed E-state index contributed by atoms with van der Waals surface area (Å²) in [6.07, 6.45) is 3.90. The van der Waals surface area contributed by atoms with Gasteiger partial charge in [-0.1, -0.05) is 48.2 Å². The van der Waals surface area contributed by atoms with Crippen molar-refractivity contribution in [2.24, 2.45) is 0 Å². The third kappa shape index (κ3) is 5.46. The number of allylic oxidation sites excluding steroid dienone is 1. The molecule has 1 amide bonds. The van der Waals surface area contributed by atoms with Gasteiger partial charge < -0.3 is 19.4 Å². The number of nitrogens with zero attached hydrogens (tertiary/aromatic N) is 3. The number of benzene rings is 2. The van der Waals surface area contributed by atoms with Gasteiger partial charge in [-0.05, 0) is 24.1 Å². The molecule has 0 saturated heterocycles. The fourth-order valence-electron chi connectivity index (χ4n) is 3.26. The van der Waals surface area contributed by atoms with Crippen molar-refractivity contribution in [3.05, 3.63) is 72.6 Å². The van der Waals surface area contributed by atoms with Gasteiger partial charge in [-0.25, -0.2) is 0 Å². The molecule has 3 aromatic rings. The number of ether oxygens (including phenoxy) is 2. The predicted molar refractivity (Wildman–Crippen MR) is 121 cm³/mol. The zero-order valence-corrected chi connectivity index (χ0v) is 17.9. The molecule has 0 saturated carbocycles.